The highest BCUT2D eigenvalue weighted by Crippen LogP contribution is 2.17. The van der Waals surface area contributed by atoms with E-state index in [1.165, 1.54) is 12.1 Å². The van der Waals surface area contributed by atoms with Crippen LogP contribution in [0.2, 0.25) is 0 Å². The summed E-state index contributed by atoms with van der Waals surface area (Å²) in [5.41, 5.74) is 1.13. The Kier molecular flexibility index (Phi) is 7.73. The molecule has 0 radical (unpaired) electrons. The maximum atomic E-state index is 12.9. The van der Waals surface area contributed by atoms with E-state index in [0.717, 1.165) is 31.7 Å². The van der Waals surface area contributed by atoms with Crippen molar-refractivity contribution in [3.05, 3.63) is 35.6 Å². The molecule has 1 N–H and O–H groups in total. The van der Waals surface area contributed by atoms with Crippen LogP contribution in [0.25, 0.3) is 0 Å². The van der Waals surface area contributed by atoms with Crippen molar-refractivity contribution in [2.75, 3.05) is 33.8 Å². The first kappa shape index (κ1) is 17.1. The first-order valence-corrected chi connectivity index (χ1v) is 7.25. The minimum Gasteiger partial charge on any atom is -0.377 e. The van der Waals surface area contributed by atoms with Gasteiger partial charge >= 0.3 is 0 Å². The standard InChI is InChI=1S/C16H27FN2O/c1-13(2)20-12-11-19(4)10-9-16(18-3)14-5-7-15(17)8-6-14/h5-8,13,16,18H,9-12H2,1-4H3. The zero-order valence-electron chi connectivity index (χ0n) is 13.0. The summed E-state index contributed by atoms with van der Waals surface area (Å²) in [7, 11) is 4.04. The van der Waals surface area contributed by atoms with Crippen molar-refractivity contribution in [2.24, 2.45) is 0 Å². The van der Waals surface area contributed by atoms with Crippen LogP contribution in [0.15, 0.2) is 24.3 Å². The van der Waals surface area contributed by atoms with Gasteiger partial charge < -0.3 is 15.0 Å². The molecule has 1 unspecified atom stereocenters. The van der Waals surface area contributed by atoms with Crippen LogP contribution in [-0.2, 0) is 4.74 Å². The zero-order chi connectivity index (χ0) is 15.0. The summed E-state index contributed by atoms with van der Waals surface area (Å²) in [4.78, 5) is 2.26. The van der Waals surface area contributed by atoms with Crippen LogP contribution in [-0.4, -0.2) is 44.8 Å². The molecule has 0 spiro atoms. The van der Waals surface area contributed by atoms with E-state index < -0.39 is 0 Å². The highest BCUT2D eigenvalue weighted by atomic mass is 19.1. The molecule has 0 heterocycles. The molecule has 0 amide bonds. The predicted octanol–water partition coefficient (Wildman–Crippen LogP) is 2.83. The summed E-state index contributed by atoms with van der Waals surface area (Å²) in [5.74, 6) is -0.188. The molecule has 4 heteroatoms. The molecule has 1 rings (SSSR count). The van der Waals surface area contributed by atoms with Crippen LogP contribution >= 0.6 is 0 Å². The molecule has 114 valence electrons. The average molecular weight is 282 g/mol. The maximum Gasteiger partial charge on any atom is 0.123 e. The summed E-state index contributed by atoms with van der Waals surface area (Å²) < 4.78 is 18.5. The van der Waals surface area contributed by atoms with Crippen molar-refractivity contribution < 1.29 is 9.13 Å². The third-order valence-corrected chi connectivity index (χ3v) is 3.34. The molecule has 1 aromatic carbocycles. The molecular weight excluding hydrogens is 255 g/mol. The Labute approximate surface area is 122 Å². The summed E-state index contributed by atoms with van der Waals surface area (Å²) >= 11 is 0. The Morgan fingerprint density at radius 1 is 1.20 bits per heavy atom. The van der Waals surface area contributed by atoms with Gasteiger partial charge in [0.25, 0.3) is 0 Å². The van der Waals surface area contributed by atoms with Gasteiger partial charge in [0.1, 0.15) is 5.82 Å². The Morgan fingerprint density at radius 3 is 2.40 bits per heavy atom. The van der Waals surface area contributed by atoms with E-state index in [1.54, 1.807) is 0 Å². The lowest BCUT2D eigenvalue weighted by atomic mass is 10.0. The van der Waals surface area contributed by atoms with Gasteiger partial charge in [0, 0.05) is 12.6 Å². The summed E-state index contributed by atoms with van der Waals surface area (Å²) in [6, 6.07) is 6.97. The van der Waals surface area contributed by atoms with E-state index in [-0.39, 0.29) is 18.0 Å². The highest BCUT2D eigenvalue weighted by Gasteiger charge is 2.10. The quantitative estimate of drug-likeness (QED) is 0.754. The van der Waals surface area contributed by atoms with Crippen molar-refractivity contribution >= 4 is 0 Å². The van der Waals surface area contributed by atoms with Gasteiger partial charge in [-0.3, -0.25) is 0 Å². The monoisotopic (exact) mass is 282 g/mol. The summed E-state index contributed by atoms with van der Waals surface area (Å²) in [6.45, 7) is 6.76. The lowest BCUT2D eigenvalue weighted by molar-refractivity contribution is 0.0633. The van der Waals surface area contributed by atoms with E-state index in [9.17, 15) is 4.39 Å². The summed E-state index contributed by atoms with van der Waals surface area (Å²) in [6.07, 6.45) is 1.27. The first-order valence-electron chi connectivity index (χ1n) is 7.25. The second kappa shape index (κ2) is 9.06. The van der Waals surface area contributed by atoms with Gasteiger partial charge in [-0.1, -0.05) is 12.1 Å². The number of hydrogen-bond donors (Lipinski definition) is 1. The molecule has 0 fully saturated rings. The second-order valence-electron chi connectivity index (χ2n) is 5.40. The number of likely N-dealkylation sites (N-methyl/N-ethyl adjacent to an activating group) is 1. The van der Waals surface area contributed by atoms with Gasteiger partial charge in [0.2, 0.25) is 0 Å². The molecule has 0 saturated heterocycles. The maximum absolute atomic E-state index is 12.9. The number of ether oxygens (including phenoxy) is 1. The van der Waals surface area contributed by atoms with Crippen LogP contribution in [0.1, 0.15) is 31.9 Å². The van der Waals surface area contributed by atoms with Crippen LogP contribution < -0.4 is 5.32 Å². The fraction of sp³-hybridized carbons (Fsp3) is 0.625. The Bertz CT molecular complexity index is 367. The molecule has 1 atom stereocenters. The molecule has 0 aromatic heterocycles. The minimum atomic E-state index is -0.188. The van der Waals surface area contributed by atoms with Crippen molar-refractivity contribution in [3.63, 3.8) is 0 Å². The van der Waals surface area contributed by atoms with E-state index in [2.05, 4.69) is 17.3 Å². The van der Waals surface area contributed by atoms with Gasteiger partial charge in [0.05, 0.1) is 12.7 Å². The van der Waals surface area contributed by atoms with Gasteiger partial charge in [0.15, 0.2) is 0 Å². The lowest BCUT2D eigenvalue weighted by Crippen LogP contribution is -2.28. The number of hydrogen-bond acceptors (Lipinski definition) is 3. The largest absolute Gasteiger partial charge is 0.377 e. The lowest BCUT2D eigenvalue weighted by Gasteiger charge is -2.22. The van der Waals surface area contributed by atoms with E-state index >= 15 is 0 Å². The number of halogens is 1. The number of nitrogens with zero attached hydrogens (tertiary/aromatic N) is 1. The van der Waals surface area contributed by atoms with Crippen molar-refractivity contribution in [1.82, 2.24) is 10.2 Å². The Balaban J connectivity index is 2.35. The molecule has 3 nitrogen and oxygen atoms in total. The van der Waals surface area contributed by atoms with Crippen LogP contribution in [0.4, 0.5) is 4.39 Å². The number of benzene rings is 1. The fourth-order valence-electron chi connectivity index (χ4n) is 2.08. The average Bonchev–Trinajstić information content (AvgIpc) is 2.41. The zero-order valence-corrected chi connectivity index (χ0v) is 13.0. The second-order valence-corrected chi connectivity index (χ2v) is 5.40. The topological polar surface area (TPSA) is 24.5 Å². The smallest absolute Gasteiger partial charge is 0.123 e. The van der Waals surface area contributed by atoms with Gasteiger partial charge in [-0.05, 0) is 58.6 Å². The highest BCUT2D eigenvalue weighted by molar-refractivity contribution is 5.19. The molecule has 1 aromatic rings. The normalized spacial score (nSPS) is 13.2. The SMILES string of the molecule is CNC(CCN(C)CCOC(C)C)c1ccc(F)cc1. The Hall–Kier alpha value is -0.970. The minimum absolute atomic E-state index is 0.188. The molecule has 0 aliphatic rings. The fourth-order valence-corrected chi connectivity index (χ4v) is 2.08. The van der Waals surface area contributed by atoms with E-state index in [4.69, 9.17) is 4.74 Å². The van der Waals surface area contributed by atoms with E-state index in [0.29, 0.717) is 0 Å². The van der Waals surface area contributed by atoms with Crippen molar-refractivity contribution in [3.8, 4) is 0 Å². The van der Waals surface area contributed by atoms with E-state index in [1.807, 2.05) is 33.0 Å². The molecule has 20 heavy (non-hydrogen) atoms. The molecule has 0 aliphatic heterocycles. The van der Waals surface area contributed by atoms with Crippen LogP contribution in [0, 0.1) is 5.82 Å². The molecular formula is C16H27FN2O. The third kappa shape index (κ3) is 6.46. The van der Waals surface area contributed by atoms with Crippen LogP contribution in [0.5, 0.6) is 0 Å². The first-order chi connectivity index (χ1) is 9.52. The number of rotatable bonds is 9. The van der Waals surface area contributed by atoms with Crippen LogP contribution in [0.3, 0.4) is 0 Å². The van der Waals surface area contributed by atoms with Crippen molar-refractivity contribution in [1.29, 1.82) is 0 Å². The van der Waals surface area contributed by atoms with Gasteiger partial charge in [-0.15, -0.1) is 0 Å². The number of nitrogens with one attached hydrogen (secondary N) is 1. The van der Waals surface area contributed by atoms with Crippen molar-refractivity contribution in [2.45, 2.75) is 32.4 Å². The summed E-state index contributed by atoms with van der Waals surface area (Å²) in [5, 5.41) is 3.29. The third-order valence-electron chi connectivity index (χ3n) is 3.34. The molecule has 0 bridgehead atoms. The van der Waals surface area contributed by atoms with Gasteiger partial charge in [-0.25, -0.2) is 4.39 Å². The molecule has 0 aliphatic carbocycles. The molecule has 0 saturated carbocycles. The Morgan fingerprint density at radius 2 is 1.85 bits per heavy atom. The van der Waals surface area contributed by atoms with Gasteiger partial charge in [-0.2, -0.15) is 0 Å². The predicted molar refractivity (Wildman–Crippen MR) is 81.4 cm³/mol.